The number of alkyl halides is 1. The monoisotopic (exact) mass is 164 g/mol. The second kappa shape index (κ2) is 5.21. The number of aliphatic carboxylic acids is 1. The average molecular weight is 164 g/mol. The predicted molar refractivity (Wildman–Crippen MR) is 33.3 cm³/mol. The zero-order valence-corrected chi connectivity index (χ0v) is 5.97. The van der Waals surface area contributed by atoms with Gasteiger partial charge in [0.2, 0.25) is 0 Å². The molecule has 3 nitrogen and oxygen atoms in total. The van der Waals surface area contributed by atoms with Gasteiger partial charge in [-0.05, 0) is 0 Å². The molecule has 0 aromatic carbocycles. The fourth-order valence-electron chi connectivity index (χ4n) is 0.360. The third-order valence-electron chi connectivity index (χ3n) is 0.842. The number of hydrogen-bond acceptors (Lipinski definition) is 2. The van der Waals surface area contributed by atoms with E-state index in [0.717, 1.165) is 0 Å². The average Bonchev–Trinajstić information content (AvgIpc) is 1.88. The molecule has 0 aromatic heterocycles. The van der Waals surface area contributed by atoms with Gasteiger partial charge in [-0.25, -0.2) is 0 Å². The van der Waals surface area contributed by atoms with Crippen molar-refractivity contribution in [2.24, 2.45) is 0 Å². The van der Waals surface area contributed by atoms with Crippen LogP contribution < -0.4 is 0 Å². The van der Waals surface area contributed by atoms with Gasteiger partial charge in [-0.3, -0.25) is 0 Å². The molecule has 5 heteroatoms. The Morgan fingerprint density at radius 3 is 2.80 bits per heavy atom. The number of carbonyl (C=O) groups is 1. The number of halogens is 1. The Labute approximate surface area is 58.4 Å². The van der Waals surface area contributed by atoms with Crippen LogP contribution >= 0.6 is 7.92 Å². The molecule has 0 fully saturated rings. The van der Waals surface area contributed by atoms with Crippen LogP contribution in [0.15, 0.2) is 0 Å². The van der Waals surface area contributed by atoms with Gasteiger partial charge in [-0.15, -0.1) is 0 Å². The first-order valence-electron chi connectivity index (χ1n) is 2.60. The molecule has 0 radical (unpaired) electrons. The van der Waals surface area contributed by atoms with Crippen LogP contribution in [-0.2, 0) is 9.36 Å². The van der Waals surface area contributed by atoms with Crippen LogP contribution in [0.2, 0.25) is 0 Å². The SMILES string of the molecule is O=P#CCC[C@H](F)C(=O)O. The maximum absolute atomic E-state index is 12.1. The van der Waals surface area contributed by atoms with E-state index in [9.17, 15) is 13.8 Å². The van der Waals surface area contributed by atoms with Crippen molar-refractivity contribution in [3.05, 3.63) is 0 Å². The zero-order chi connectivity index (χ0) is 7.98. The Morgan fingerprint density at radius 2 is 2.40 bits per heavy atom. The second-order valence-corrected chi connectivity index (χ2v) is 2.09. The fourth-order valence-corrected chi connectivity index (χ4v) is 0.581. The van der Waals surface area contributed by atoms with E-state index < -0.39 is 12.1 Å². The molecule has 0 aliphatic rings. The molecule has 0 spiro atoms. The van der Waals surface area contributed by atoms with Gasteiger partial charge in [0.1, 0.15) is 0 Å². The first-order chi connectivity index (χ1) is 4.68. The van der Waals surface area contributed by atoms with Crippen molar-refractivity contribution in [3.63, 3.8) is 0 Å². The van der Waals surface area contributed by atoms with Crippen molar-refractivity contribution < 1.29 is 18.9 Å². The summed E-state index contributed by atoms with van der Waals surface area (Å²) < 4.78 is 21.8. The molecule has 0 amide bonds. The number of carboxylic acids is 1. The molecule has 56 valence electrons. The summed E-state index contributed by atoms with van der Waals surface area (Å²) in [7, 11) is -0.306. The van der Waals surface area contributed by atoms with Crippen LogP contribution in [0.1, 0.15) is 12.8 Å². The summed E-state index contributed by atoms with van der Waals surface area (Å²) in [6, 6.07) is 0. The van der Waals surface area contributed by atoms with E-state index >= 15 is 0 Å². The minimum absolute atomic E-state index is 0.0958. The van der Waals surface area contributed by atoms with Crippen molar-refractivity contribution in [2.75, 3.05) is 0 Å². The molecule has 10 heavy (non-hydrogen) atoms. The Bertz CT molecular complexity index is 208. The molecule has 0 unspecified atom stereocenters. The van der Waals surface area contributed by atoms with E-state index in [4.69, 9.17) is 5.11 Å². The molecule has 1 N–H and O–H groups in total. The van der Waals surface area contributed by atoms with Gasteiger partial charge < -0.3 is 0 Å². The normalized spacial score (nSPS) is 11.7. The molecule has 0 aromatic rings. The maximum atomic E-state index is 12.1. The van der Waals surface area contributed by atoms with Crippen molar-refractivity contribution in [1.82, 2.24) is 0 Å². The van der Waals surface area contributed by atoms with Crippen molar-refractivity contribution in [2.45, 2.75) is 19.0 Å². The third-order valence-corrected chi connectivity index (χ3v) is 1.19. The Morgan fingerprint density at radius 1 is 1.80 bits per heavy atom. The van der Waals surface area contributed by atoms with Crippen LogP contribution in [0.5, 0.6) is 0 Å². The van der Waals surface area contributed by atoms with Gasteiger partial charge in [-0.2, -0.15) is 0 Å². The van der Waals surface area contributed by atoms with E-state index in [1.54, 1.807) is 0 Å². The summed E-state index contributed by atoms with van der Waals surface area (Å²) in [5.41, 5.74) is 2.25. The second-order valence-electron chi connectivity index (χ2n) is 1.59. The van der Waals surface area contributed by atoms with Crippen LogP contribution in [0, 0.1) is 5.63 Å². The Balaban J connectivity index is 3.55. The molecule has 0 bridgehead atoms. The zero-order valence-electron chi connectivity index (χ0n) is 5.08. The Hall–Kier alpha value is -0.590. The summed E-state index contributed by atoms with van der Waals surface area (Å²) >= 11 is 0. The predicted octanol–water partition coefficient (Wildman–Crippen LogP) is 1.44. The topological polar surface area (TPSA) is 54.4 Å². The summed E-state index contributed by atoms with van der Waals surface area (Å²) in [5.74, 6) is -1.48. The van der Waals surface area contributed by atoms with Crippen LogP contribution in [0.4, 0.5) is 4.39 Å². The molecule has 0 rings (SSSR count). The van der Waals surface area contributed by atoms with Gasteiger partial charge in [0.25, 0.3) is 0 Å². The molecular weight excluding hydrogens is 158 g/mol. The summed E-state index contributed by atoms with van der Waals surface area (Å²) in [5, 5.41) is 8.00. The van der Waals surface area contributed by atoms with Crippen molar-refractivity contribution in [1.29, 1.82) is 0 Å². The molecule has 0 saturated heterocycles. The summed E-state index contributed by atoms with van der Waals surface area (Å²) in [6.07, 6.45) is -1.93. The molecule has 0 saturated carbocycles. The summed E-state index contributed by atoms with van der Waals surface area (Å²) in [4.78, 5) is 9.81. The van der Waals surface area contributed by atoms with Crippen LogP contribution in [0.25, 0.3) is 0 Å². The first-order valence-corrected chi connectivity index (χ1v) is 3.41. The van der Waals surface area contributed by atoms with Crippen molar-refractivity contribution >= 4 is 13.9 Å². The third kappa shape index (κ3) is 4.30. The van der Waals surface area contributed by atoms with E-state index in [0.29, 0.717) is 0 Å². The van der Waals surface area contributed by atoms with Crippen molar-refractivity contribution in [3.8, 4) is 5.63 Å². The van der Waals surface area contributed by atoms with Crippen LogP contribution in [-0.4, -0.2) is 17.2 Å². The quantitative estimate of drug-likeness (QED) is 0.642. The van der Waals surface area contributed by atoms with Gasteiger partial charge >= 0.3 is 57.4 Å². The van der Waals surface area contributed by atoms with E-state index in [2.05, 4.69) is 5.63 Å². The number of rotatable bonds is 3. The first kappa shape index (κ1) is 9.41. The molecule has 0 aliphatic heterocycles. The van der Waals surface area contributed by atoms with Gasteiger partial charge in [0.15, 0.2) is 0 Å². The number of carboxylic acid groups (broad SMARTS) is 1. The van der Waals surface area contributed by atoms with E-state index in [1.165, 1.54) is 0 Å². The minimum atomic E-state index is -1.87. The molecule has 0 heterocycles. The van der Waals surface area contributed by atoms with Gasteiger partial charge in [0.05, 0.1) is 0 Å². The van der Waals surface area contributed by atoms with E-state index in [-0.39, 0.29) is 20.8 Å². The molecule has 0 aliphatic carbocycles. The standard InChI is InChI=1S/C5H6FO3P/c6-4(5(7)8)2-1-3-10-9/h4H,1-2H2,(H,7,8)/t4-/m0/s1. The molecule has 1 atom stereocenters. The number of hydrogen-bond donors (Lipinski definition) is 1. The van der Waals surface area contributed by atoms with E-state index in [1.807, 2.05) is 0 Å². The van der Waals surface area contributed by atoms with Gasteiger partial charge in [-0.1, -0.05) is 0 Å². The fraction of sp³-hybridized carbons (Fsp3) is 0.600. The van der Waals surface area contributed by atoms with Gasteiger partial charge in [0, 0.05) is 0 Å². The summed E-state index contributed by atoms with van der Waals surface area (Å²) in [6.45, 7) is 0. The molecular formula is C5H6FO3P. The Kier molecular flexibility index (Phi) is 4.91. The van der Waals surface area contributed by atoms with Crippen LogP contribution in [0.3, 0.4) is 0 Å².